The third-order valence-corrected chi connectivity index (χ3v) is 4.98. The number of thiophene rings is 1. The van der Waals surface area contributed by atoms with Gasteiger partial charge in [-0.3, -0.25) is 11.3 Å². The van der Waals surface area contributed by atoms with E-state index in [0.717, 1.165) is 14.7 Å². The maximum absolute atomic E-state index is 5.43. The van der Waals surface area contributed by atoms with Crippen molar-refractivity contribution >= 4 is 43.2 Å². The van der Waals surface area contributed by atoms with E-state index in [-0.39, 0.29) is 6.04 Å². The molecule has 13 heavy (non-hydrogen) atoms. The standard InChI is InChI=1S/C8H10Br2N2S/c1-2-3-6(12-11)7-4-5(9)8(10)13-7/h2,4,6,12H,1,3,11H2. The third kappa shape index (κ3) is 2.89. The van der Waals surface area contributed by atoms with Gasteiger partial charge in [-0.15, -0.1) is 17.9 Å². The number of nitrogens with two attached hydrogens (primary N) is 1. The van der Waals surface area contributed by atoms with Gasteiger partial charge < -0.3 is 0 Å². The Kier molecular flexibility index (Phi) is 4.61. The van der Waals surface area contributed by atoms with Crippen molar-refractivity contribution in [1.82, 2.24) is 5.43 Å². The molecular weight excluding hydrogens is 316 g/mol. The summed E-state index contributed by atoms with van der Waals surface area (Å²) in [7, 11) is 0. The summed E-state index contributed by atoms with van der Waals surface area (Å²) in [5, 5.41) is 0. The zero-order valence-electron chi connectivity index (χ0n) is 6.89. The molecule has 3 N–H and O–H groups in total. The molecule has 0 saturated heterocycles. The minimum absolute atomic E-state index is 0.157. The molecule has 5 heteroatoms. The first-order chi connectivity index (χ1) is 6.19. The van der Waals surface area contributed by atoms with Crippen LogP contribution in [-0.4, -0.2) is 0 Å². The number of halogens is 2. The van der Waals surface area contributed by atoms with E-state index in [0.29, 0.717) is 0 Å². The smallest absolute Gasteiger partial charge is 0.0843 e. The van der Waals surface area contributed by atoms with Gasteiger partial charge in [-0.05, 0) is 44.3 Å². The minimum atomic E-state index is 0.157. The summed E-state index contributed by atoms with van der Waals surface area (Å²) in [6.07, 6.45) is 2.68. The van der Waals surface area contributed by atoms with Crippen LogP contribution in [-0.2, 0) is 0 Å². The van der Waals surface area contributed by atoms with Crippen LogP contribution in [0.1, 0.15) is 17.3 Å². The van der Waals surface area contributed by atoms with E-state index in [4.69, 9.17) is 5.84 Å². The van der Waals surface area contributed by atoms with Gasteiger partial charge in [0.2, 0.25) is 0 Å². The molecule has 0 saturated carbocycles. The van der Waals surface area contributed by atoms with Crippen molar-refractivity contribution in [1.29, 1.82) is 0 Å². The third-order valence-electron chi connectivity index (χ3n) is 1.61. The normalized spacial score (nSPS) is 12.8. The summed E-state index contributed by atoms with van der Waals surface area (Å²) in [5.74, 6) is 5.43. The lowest BCUT2D eigenvalue weighted by Gasteiger charge is -2.10. The fourth-order valence-corrected chi connectivity index (χ4v) is 3.13. The molecule has 2 nitrogen and oxygen atoms in total. The Labute approximate surface area is 98.4 Å². The lowest BCUT2D eigenvalue weighted by Crippen LogP contribution is -2.26. The molecule has 1 aromatic rings. The molecule has 1 rings (SSSR count). The van der Waals surface area contributed by atoms with E-state index in [1.807, 2.05) is 6.08 Å². The first-order valence-electron chi connectivity index (χ1n) is 3.70. The molecule has 1 atom stereocenters. The molecule has 0 fully saturated rings. The zero-order chi connectivity index (χ0) is 9.84. The van der Waals surface area contributed by atoms with Crippen LogP contribution >= 0.6 is 43.2 Å². The molecule has 1 aromatic heterocycles. The number of rotatable bonds is 4. The molecule has 0 aliphatic heterocycles. The molecule has 0 aromatic carbocycles. The fourth-order valence-electron chi connectivity index (χ4n) is 0.968. The van der Waals surface area contributed by atoms with Crippen molar-refractivity contribution < 1.29 is 0 Å². The van der Waals surface area contributed by atoms with Crippen molar-refractivity contribution in [3.05, 3.63) is 31.9 Å². The largest absolute Gasteiger partial charge is 0.271 e. The highest BCUT2D eigenvalue weighted by Crippen LogP contribution is 2.36. The van der Waals surface area contributed by atoms with Crippen LogP contribution in [0.15, 0.2) is 27.0 Å². The van der Waals surface area contributed by atoms with Gasteiger partial charge in [-0.2, -0.15) is 0 Å². The van der Waals surface area contributed by atoms with Crippen LogP contribution in [0, 0.1) is 0 Å². The van der Waals surface area contributed by atoms with Crippen LogP contribution in [0.3, 0.4) is 0 Å². The van der Waals surface area contributed by atoms with E-state index in [1.165, 1.54) is 4.88 Å². The molecule has 1 unspecified atom stereocenters. The van der Waals surface area contributed by atoms with Crippen molar-refractivity contribution in [2.45, 2.75) is 12.5 Å². The summed E-state index contributed by atoms with van der Waals surface area (Å²) >= 11 is 8.54. The maximum Gasteiger partial charge on any atom is 0.0843 e. The SMILES string of the molecule is C=CCC(NN)c1cc(Br)c(Br)s1. The van der Waals surface area contributed by atoms with E-state index in [1.54, 1.807) is 11.3 Å². The van der Waals surface area contributed by atoms with Crippen LogP contribution in [0.2, 0.25) is 0 Å². The van der Waals surface area contributed by atoms with Crippen LogP contribution in [0.5, 0.6) is 0 Å². The first kappa shape index (κ1) is 11.4. The molecule has 0 aliphatic rings. The number of hydrogen-bond acceptors (Lipinski definition) is 3. The van der Waals surface area contributed by atoms with Gasteiger partial charge in [0.05, 0.1) is 9.83 Å². The Bertz CT molecular complexity index is 279. The first-order valence-corrected chi connectivity index (χ1v) is 6.11. The molecule has 72 valence electrons. The van der Waals surface area contributed by atoms with Crippen molar-refractivity contribution in [3.63, 3.8) is 0 Å². The maximum atomic E-state index is 5.43. The van der Waals surface area contributed by atoms with Gasteiger partial charge in [-0.25, -0.2) is 0 Å². The van der Waals surface area contributed by atoms with Crippen LogP contribution in [0.25, 0.3) is 0 Å². The van der Waals surface area contributed by atoms with Crippen LogP contribution < -0.4 is 11.3 Å². The van der Waals surface area contributed by atoms with E-state index >= 15 is 0 Å². The van der Waals surface area contributed by atoms with Gasteiger partial charge >= 0.3 is 0 Å². The molecule has 0 spiro atoms. The van der Waals surface area contributed by atoms with E-state index in [9.17, 15) is 0 Å². The van der Waals surface area contributed by atoms with Gasteiger partial charge in [0.15, 0.2) is 0 Å². The Morgan fingerprint density at radius 2 is 2.38 bits per heavy atom. The molecule has 0 aliphatic carbocycles. The number of hydrogen-bond donors (Lipinski definition) is 2. The molecule has 0 bridgehead atoms. The second-order valence-corrected chi connectivity index (χ2v) is 5.77. The summed E-state index contributed by atoms with van der Waals surface area (Å²) < 4.78 is 2.16. The molecule has 0 amide bonds. The molecular formula is C8H10Br2N2S. The highest BCUT2D eigenvalue weighted by molar-refractivity contribution is 9.13. The predicted octanol–water partition coefficient (Wildman–Crippen LogP) is 3.35. The Hall–Kier alpha value is 0.320. The summed E-state index contributed by atoms with van der Waals surface area (Å²) in [5.41, 5.74) is 2.76. The Balaban J connectivity index is 2.84. The van der Waals surface area contributed by atoms with E-state index in [2.05, 4.69) is 49.9 Å². The fraction of sp³-hybridized carbons (Fsp3) is 0.250. The van der Waals surface area contributed by atoms with Crippen molar-refractivity contribution in [2.24, 2.45) is 5.84 Å². The lowest BCUT2D eigenvalue weighted by atomic mass is 10.2. The number of nitrogens with one attached hydrogen (secondary N) is 1. The molecule has 0 radical (unpaired) electrons. The highest BCUT2D eigenvalue weighted by Gasteiger charge is 2.12. The minimum Gasteiger partial charge on any atom is -0.271 e. The predicted molar refractivity (Wildman–Crippen MR) is 64.6 cm³/mol. The lowest BCUT2D eigenvalue weighted by molar-refractivity contribution is 0.570. The summed E-state index contributed by atoms with van der Waals surface area (Å²) in [6, 6.07) is 2.22. The number of hydrazine groups is 1. The van der Waals surface area contributed by atoms with Crippen LogP contribution in [0.4, 0.5) is 0 Å². The Morgan fingerprint density at radius 3 is 2.77 bits per heavy atom. The average molecular weight is 326 g/mol. The second-order valence-electron chi connectivity index (χ2n) is 2.51. The summed E-state index contributed by atoms with van der Waals surface area (Å²) in [4.78, 5) is 1.20. The van der Waals surface area contributed by atoms with Gasteiger partial charge in [0.1, 0.15) is 0 Å². The second kappa shape index (κ2) is 5.26. The monoisotopic (exact) mass is 324 g/mol. The quantitative estimate of drug-likeness (QED) is 0.506. The summed E-state index contributed by atoms with van der Waals surface area (Å²) in [6.45, 7) is 3.69. The van der Waals surface area contributed by atoms with E-state index < -0.39 is 0 Å². The van der Waals surface area contributed by atoms with Crippen molar-refractivity contribution in [3.8, 4) is 0 Å². The Morgan fingerprint density at radius 1 is 1.69 bits per heavy atom. The topological polar surface area (TPSA) is 38.0 Å². The van der Waals surface area contributed by atoms with Gasteiger partial charge in [0.25, 0.3) is 0 Å². The molecule has 1 heterocycles. The average Bonchev–Trinajstić information content (AvgIpc) is 2.43. The van der Waals surface area contributed by atoms with Gasteiger partial charge in [-0.1, -0.05) is 6.08 Å². The zero-order valence-corrected chi connectivity index (χ0v) is 10.9. The van der Waals surface area contributed by atoms with Gasteiger partial charge in [0, 0.05) is 9.35 Å². The van der Waals surface area contributed by atoms with Crippen molar-refractivity contribution in [2.75, 3.05) is 0 Å². The highest BCUT2D eigenvalue weighted by atomic mass is 79.9.